The lowest BCUT2D eigenvalue weighted by Crippen LogP contribution is -2.31. The molecule has 0 spiro atoms. The summed E-state index contributed by atoms with van der Waals surface area (Å²) in [4.78, 5) is 26.4. The molecule has 1 heterocycles. The number of hydrogen-bond acceptors (Lipinski definition) is 5. The molecule has 0 saturated heterocycles. The van der Waals surface area contributed by atoms with E-state index in [-0.39, 0.29) is 11.3 Å². The van der Waals surface area contributed by atoms with Gasteiger partial charge >= 0.3 is 6.18 Å². The third kappa shape index (κ3) is 6.98. The van der Waals surface area contributed by atoms with E-state index in [1.54, 1.807) is 7.11 Å². The molecule has 0 N–H and O–H groups in total. The Hall–Kier alpha value is -3.64. The van der Waals surface area contributed by atoms with Crippen LogP contribution < -0.4 is 9.64 Å². The number of nitrogens with zero attached hydrogens (tertiary/aromatic N) is 2. The minimum Gasteiger partial charge on any atom is -0.497 e. The van der Waals surface area contributed by atoms with Gasteiger partial charge in [0.15, 0.2) is 0 Å². The highest BCUT2D eigenvalue weighted by Gasteiger charge is 2.39. The fraction of sp³-hybridized carbons (Fsp3) is 0.393. The van der Waals surface area contributed by atoms with Gasteiger partial charge in [0.1, 0.15) is 5.75 Å². The Balaban J connectivity index is 1.43. The van der Waals surface area contributed by atoms with Crippen LogP contribution in [-0.4, -0.2) is 25.5 Å². The van der Waals surface area contributed by atoms with Crippen molar-refractivity contribution in [2.45, 2.75) is 58.2 Å². The number of amides is 2. The minimum absolute atomic E-state index is 0.190. The summed E-state index contributed by atoms with van der Waals surface area (Å²) in [6.07, 6.45) is -0.0511. The monoisotopic (exact) mass is 514 g/mol. The van der Waals surface area contributed by atoms with E-state index >= 15 is 0 Å². The Morgan fingerprint density at radius 2 is 1.62 bits per heavy atom. The van der Waals surface area contributed by atoms with Crippen LogP contribution in [0.1, 0.15) is 62.1 Å². The van der Waals surface area contributed by atoms with E-state index in [1.807, 2.05) is 24.3 Å². The number of anilines is 1. The van der Waals surface area contributed by atoms with Crippen LogP contribution in [0.25, 0.3) is 0 Å². The number of ether oxygens (including phenoxy) is 2. The second-order valence-corrected chi connectivity index (χ2v) is 8.81. The Kier molecular flexibility index (Phi) is 9.48. The van der Waals surface area contributed by atoms with Gasteiger partial charge in [0.05, 0.1) is 36.6 Å². The molecule has 0 fully saturated rings. The van der Waals surface area contributed by atoms with Gasteiger partial charge in [-0.2, -0.15) is 18.4 Å². The molecule has 1 aliphatic heterocycles. The second kappa shape index (κ2) is 12.5. The molecule has 2 amide bonds. The quantitative estimate of drug-likeness (QED) is 0.244. The molecule has 196 valence electrons. The molecule has 9 heteroatoms. The molecule has 0 aliphatic carbocycles. The van der Waals surface area contributed by atoms with Crippen LogP contribution >= 0.6 is 0 Å². The van der Waals surface area contributed by atoms with Crippen molar-refractivity contribution in [2.24, 2.45) is 0 Å². The van der Waals surface area contributed by atoms with Gasteiger partial charge in [0.25, 0.3) is 11.8 Å². The summed E-state index contributed by atoms with van der Waals surface area (Å²) < 4.78 is 50.8. The number of alkyl halides is 3. The molecule has 0 unspecified atom stereocenters. The highest BCUT2D eigenvalue weighted by Crippen LogP contribution is 2.37. The summed E-state index contributed by atoms with van der Waals surface area (Å²) in [5.74, 6) is -0.435. The van der Waals surface area contributed by atoms with E-state index in [2.05, 4.69) is 0 Å². The smallest absolute Gasteiger partial charge is 0.417 e. The van der Waals surface area contributed by atoms with Gasteiger partial charge in [-0.1, -0.05) is 31.4 Å². The van der Waals surface area contributed by atoms with Crippen LogP contribution in [0.3, 0.4) is 0 Å². The zero-order valence-electron chi connectivity index (χ0n) is 20.9. The Morgan fingerprint density at radius 1 is 0.946 bits per heavy atom. The van der Waals surface area contributed by atoms with Crippen molar-refractivity contribution in [1.82, 2.24) is 0 Å². The van der Waals surface area contributed by atoms with Gasteiger partial charge in [-0.25, -0.2) is 4.90 Å². The van der Waals surface area contributed by atoms with Gasteiger partial charge in [0.2, 0.25) is 0 Å². The van der Waals surface area contributed by atoms with E-state index < -0.39 is 29.1 Å². The predicted molar refractivity (Wildman–Crippen MR) is 132 cm³/mol. The number of halogens is 3. The molecule has 3 rings (SSSR count). The summed E-state index contributed by atoms with van der Waals surface area (Å²) >= 11 is 0. The third-order valence-electron chi connectivity index (χ3n) is 6.27. The molecule has 0 saturated carbocycles. The average molecular weight is 515 g/mol. The minimum atomic E-state index is -4.78. The van der Waals surface area contributed by atoms with E-state index in [1.165, 1.54) is 19.1 Å². The number of carbonyl (C=O) groups is 2. The summed E-state index contributed by atoms with van der Waals surface area (Å²) in [5.41, 5.74) is -0.283. The third-order valence-corrected chi connectivity index (χ3v) is 6.27. The standard InChI is InChI=1S/C28H29F3N2O4/c1-19-24(8-6-4-3-5-7-15-37-18-20-9-13-23(36-2)14-10-20)27(35)33(26(19)34)22-12-11-21(17-32)25(16-22)28(29,30)31/h9-14,16H,3-8,15,18H2,1-2H3. The number of nitriles is 1. The van der Waals surface area contributed by atoms with Crippen molar-refractivity contribution in [3.05, 3.63) is 70.3 Å². The van der Waals surface area contributed by atoms with Crippen molar-refractivity contribution in [1.29, 1.82) is 5.26 Å². The van der Waals surface area contributed by atoms with Crippen molar-refractivity contribution >= 4 is 17.5 Å². The predicted octanol–water partition coefficient (Wildman–Crippen LogP) is 6.33. The molecule has 2 aromatic rings. The first-order valence-corrected chi connectivity index (χ1v) is 12.1. The van der Waals surface area contributed by atoms with Gasteiger partial charge in [-0.05, 0) is 62.1 Å². The number of unbranched alkanes of at least 4 members (excludes halogenated alkanes) is 4. The summed E-state index contributed by atoms with van der Waals surface area (Å²) in [6, 6.07) is 12.1. The first-order valence-electron chi connectivity index (χ1n) is 12.1. The number of imide groups is 1. The largest absolute Gasteiger partial charge is 0.497 e. The van der Waals surface area contributed by atoms with Crippen LogP contribution in [0.5, 0.6) is 5.75 Å². The van der Waals surface area contributed by atoms with Crippen molar-refractivity contribution in [2.75, 3.05) is 18.6 Å². The van der Waals surface area contributed by atoms with Crippen molar-refractivity contribution in [3.8, 4) is 11.8 Å². The first-order chi connectivity index (χ1) is 17.7. The zero-order chi connectivity index (χ0) is 27.0. The SMILES string of the molecule is COc1ccc(COCCCCCCCC2=C(C)C(=O)N(c3ccc(C#N)c(C(F)(F)F)c3)C2=O)cc1. The van der Waals surface area contributed by atoms with Gasteiger partial charge in [-0.15, -0.1) is 0 Å². The molecule has 0 radical (unpaired) electrons. The van der Waals surface area contributed by atoms with Crippen LogP contribution in [0, 0.1) is 11.3 Å². The number of carbonyl (C=O) groups excluding carboxylic acids is 2. The van der Waals surface area contributed by atoms with E-state index in [9.17, 15) is 22.8 Å². The lowest BCUT2D eigenvalue weighted by atomic mass is 10.0. The maximum atomic E-state index is 13.3. The van der Waals surface area contributed by atoms with E-state index in [0.29, 0.717) is 37.7 Å². The first kappa shape index (κ1) is 27.9. The maximum Gasteiger partial charge on any atom is 0.417 e. The van der Waals surface area contributed by atoms with Crippen molar-refractivity contribution in [3.63, 3.8) is 0 Å². The topological polar surface area (TPSA) is 79.6 Å². The second-order valence-electron chi connectivity index (χ2n) is 8.81. The zero-order valence-corrected chi connectivity index (χ0v) is 20.9. The molecule has 0 atom stereocenters. The van der Waals surface area contributed by atoms with Crippen LogP contribution in [0.4, 0.5) is 18.9 Å². The average Bonchev–Trinajstić information content (AvgIpc) is 3.09. The van der Waals surface area contributed by atoms with Crippen LogP contribution in [-0.2, 0) is 27.1 Å². The Morgan fingerprint density at radius 3 is 2.27 bits per heavy atom. The lowest BCUT2D eigenvalue weighted by molar-refractivity contribution is -0.138. The maximum absolute atomic E-state index is 13.3. The molecule has 37 heavy (non-hydrogen) atoms. The van der Waals surface area contributed by atoms with Crippen LogP contribution in [0.15, 0.2) is 53.6 Å². The van der Waals surface area contributed by atoms with Gasteiger partial charge < -0.3 is 9.47 Å². The fourth-order valence-corrected chi connectivity index (χ4v) is 4.16. The fourth-order valence-electron chi connectivity index (χ4n) is 4.16. The number of rotatable bonds is 12. The molecule has 0 aromatic heterocycles. The number of benzene rings is 2. The summed E-state index contributed by atoms with van der Waals surface area (Å²) in [5, 5.41) is 8.97. The number of methoxy groups -OCH3 is 1. The Labute approximate surface area is 214 Å². The molecule has 0 bridgehead atoms. The van der Waals surface area contributed by atoms with Gasteiger partial charge in [0, 0.05) is 17.8 Å². The molecular formula is C28H29F3N2O4. The van der Waals surface area contributed by atoms with Crippen molar-refractivity contribution < 1.29 is 32.2 Å². The summed E-state index contributed by atoms with van der Waals surface area (Å²) in [7, 11) is 1.62. The Bertz CT molecular complexity index is 1200. The van der Waals surface area contributed by atoms with E-state index in [0.717, 1.165) is 48.0 Å². The molecule has 6 nitrogen and oxygen atoms in total. The number of hydrogen-bond donors (Lipinski definition) is 0. The lowest BCUT2D eigenvalue weighted by Gasteiger charge is -2.18. The van der Waals surface area contributed by atoms with E-state index in [4.69, 9.17) is 14.7 Å². The van der Waals surface area contributed by atoms with Crippen LogP contribution in [0.2, 0.25) is 0 Å². The summed E-state index contributed by atoms with van der Waals surface area (Å²) in [6.45, 7) is 2.69. The molecule has 2 aromatic carbocycles. The molecule has 1 aliphatic rings. The molecular weight excluding hydrogens is 485 g/mol. The van der Waals surface area contributed by atoms with Gasteiger partial charge in [-0.3, -0.25) is 9.59 Å². The normalized spacial score (nSPS) is 13.9. The highest BCUT2D eigenvalue weighted by molar-refractivity contribution is 6.32. The highest BCUT2D eigenvalue weighted by atomic mass is 19.4.